The van der Waals surface area contributed by atoms with Gasteiger partial charge in [0.25, 0.3) is 0 Å². The summed E-state index contributed by atoms with van der Waals surface area (Å²) in [6.45, 7) is 4.29. The fourth-order valence-corrected chi connectivity index (χ4v) is 4.48. The first-order chi connectivity index (χ1) is 13.2. The average Bonchev–Trinajstić information content (AvgIpc) is 2.70. The smallest absolute Gasteiger partial charge is 0.127 e. The summed E-state index contributed by atoms with van der Waals surface area (Å²) in [6.07, 6.45) is 13.8. The van der Waals surface area contributed by atoms with Crippen molar-refractivity contribution in [3.05, 3.63) is 71.6 Å². The van der Waals surface area contributed by atoms with Gasteiger partial charge < -0.3 is 0 Å². The van der Waals surface area contributed by atoms with E-state index in [2.05, 4.69) is 43.3 Å². The van der Waals surface area contributed by atoms with E-state index in [1.807, 2.05) is 19.1 Å². The van der Waals surface area contributed by atoms with E-state index in [4.69, 9.17) is 0 Å². The van der Waals surface area contributed by atoms with Crippen LogP contribution in [0.4, 0.5) is 4.39 Å². The van der Waals surface area contributed by atoms with Gasteiger partial charge in [0.05, 0.1) is 0 Å². The fourth-order valence-electron chi connectivity index (χ4n) is 4.48. The molecule has 0 saturated heterocycles. The lowest BCUT2D eigenvalue weighted by molar-refractivity contribution is 0.308. The maximum atomic E-state index is 14.4. The van der Waals surface area contributed by atoms with E-state index in [-0.39, 0.29) is 5.82 Å². The van der Waals surface area contributed by atoms with Crippen LogP contribution < -0.4 is 0 Å². The second-order valence-corrected chi connectivity index (χ2v) is 8.04. The molecule has 0 aliphatic heterocycles. The first-order valence-corrected chi connectivity index (χ1v) is 10.7. The summed E-state index contributed by atoms with van der Waals surface area (Å²) in [7, 11) is 0. The van der Waals surface area contributed by atoms with Gasteiger partial charge >= 0.3 is 0 Å². The Morgan fingerprint density at radius 1 is 0.963 bits per heavy atom. The third kappa shape index (κ3) is 5.31. The molecule has 0 aromatic heterocycles. The number of rotatable bonds is 7. The molecule has 0 unspecified atom stereocenters. The zero-order chi connectivity index (χ0) is 19.1. The molecule has 1 saturated carbocycles. The molecule has 0 amide bonds. The quantitative estimate of drug-likeness (QED) is 0.436. The number of hydrogen-bond acceptors (Lipinski definition) is 0. The highest BCUT2D eigenvalue weighted by Gasteiger charge is 2.21. The van der Waals surface area contributed by atoms with Crippen LogP contribution in [0, 0.1) is 11.7 Å². The highest BCUT2D eigenvalue weighted by Crippen LogP contribution is 2.38. The van der Waals surface area contributed by atoms with E-state index in [1.54, 1.807) is 6.07 Å². The van der Waals surface area contributed by atoms with Gasteiger partial charge in [-0.3, -0.25) is 0 Å². The second-order valence-electron chi connectivity index (χ2n) is 8.04. The zero-order valence-electron chi connectivity index (χ0n) is 16.9. The Morgan fingerprint density at radius 3 is 2.30 bits per heavy atom. The number of halogens is 1. The van der Waals surface area contributed by atoms with Crippen molar-refractivity contribution >= 4 is 0 Å². The molecule has 3 rings (SSSR count). The van der Waals surface area contributed by atoms with Gasteiger partial charge in [-0.05, 0) is 85.6 Å². The van der Waals surface area contributed by atoms with Crippen molar-refractivity contribution in [3.63, 3.8) is 0 Å². The summed E-state index contributed by atoms with van der Waals surface area (Å²) in [4.78, 5) is 0. The van der Waals surface area contributed by atoms with Crippen LogP contribution in [0.15, 0.2) is 54.6 Å². The predicted octanol–water partition coefficient (Wildman–Crippen LogP) is 8.08. The van der Waals surface area contributed by atoms with E-state index in [1.165, 1.54) is 44.1 Å². The van der Waals surface area contributed by atoms with Crippen molar-refractivity contribution in [1.29, 1.82) is 0 Å². The van der Waals surface area contributed by atoms with Crippen molar-refractivity contribution in [2.24, 2.45) is 5.92 Å². The molecule has 144 valence electrons. The van der Waals surface area contributed by atoms with Crippen LogP contribution in [0.2, 0.25) is 0 Å². The van der Waals surface area contributed by atoms with Crippen LogP contribution in [-0.2, 0) is 6.42 Å². The van der Waals surface area contributed by atoms with Gasteiger partial charge in [-0.25, -0.2) is 4.39 Å². The lowest BCUT2D eigenvalue weighted by Crippen LogP contribution is -2.13. The summed E-state index contributed by atoms with van der Waals surface area (Å²) in [5.41, 5.74) is 4.34. The number of hydrogen-bond donors (Lipinski definition) is 0. The van der Waals surface area contributed by atoms with Gasteiger partial charge in [0.2, 0.25) is 0 Å². The molecule has 0 bridgehead atoms. The monoisotopic (exact) mass is 364 g/mol. The molecule has 1 aliphatic carbocycles. The Balaban J connectivity index is 1.64. The molecule has 1 heteroatoms. The molecule has 1 aliphatic rings. The Labute approximate surface area is 164 Å². The zero-order valence-corrected chi connectivity index (χ0v) is 16.9. The average molecular weight is 365 g/mol. The molecule has 27 heavy (non-hydrogen) atoms. The first-order valence-electron chi connectivity index (χ1n) is 10.7. The first kappa shape index (κ1) is 19.9. The molecule has 0 heterocycles. The third-order valence-electron chi connectivity index (χ3n) is 6.13. The molecular formula is C26H33F. The molecule has 0 atom stereocenters. The SMILES string of the molecule is C/C=C/CCc1ccc(-c2ccc(C3CCC(CCC)CC3)cc2)cc1F. The normalized spacial score (nSPS) is 20.3. The maximum absolute atomic E-state index is 14.4. The summed E-state index contributed by atoms with van der Waals surface area (Å²) in [5, 5.41) is 0. The third-order valence-corrected chi connectivity index (χ3v) is 6.13. The Bertz CT molecular complexity index is 733. The molecule has 2 aromatic carbocycles. The minimum atomic E-state index is -0.0877. The van der Waals surface area contributed by atoms with E-state index < -0.39 is 0 Å². The van der Waals surface area contributed by atoms with Crippen LogP contribution in [0.5, 0.6) is 0 Å². The summed E-state index contributed by atoms with van der Waals surface area (Å²) in [6, 6.07) is 14.5. The molecule has 2 aromatic rings. The fraction of sp³-hybridized carbons (Fsp3) is 0.462. The molecule has 0 N–H and O–H groups in total. The van der Waals surface area contributed by atoms with Crippen molar-refractivity contribution in [2.75, 3.05) is 0 Å². The summed E-state index contributed by atoms with van der Waals surface area (Å²) >= 11 is 0. The summed E-state index contributed by atoms with van der Waals surface area (Å²) < 4.78 is 14.4. The van der Waals surface area contributed by atoms with Crippen LogP contribution in [-0.4, -0.2) is 0 Å². The number of allylic oxidation sites excluding steroid dienone is 2. The van der Waals surface area contributed by atoms with Crippen molar-refractivity contribution in [3.8, 4) is 11.1 Å². The van der Waals surface area contributed by atoms with Gasteiger partial charge in [0, 0.05) is 0 Å². The van der Waals surface area contributed by atoms with Crippen LogP contribution in [0.1, 0.15) is 75.8 Å². The largest absolute Gasteiger partial charge is 0.207 e. The molecular weight excluding hydrogens is 331 g/mol. The standard InChI is InChI=1S/C26H33F/c1-3-5-6-8-24-17-18-25(19-26(24)27)23-15-13-22(14-16-23)21-11-9-20(7-4-2)10-12-21/h3,5,13-21H,4,6-12H2,1-2H3/b5-3+. The minimum absolute atomic E-state index is 0.0877. The lowest BCUT2D eigenvalue weighted by atomic mass is 9.77. The summed E-state index contributed by atoms with van der Waals surface area (Å²) in [5.74, 6) is 1.56. The van der Waals surface area contributed by atoms with Crippen LogP contribution >= 0.6 is 0 Å². The van der Waals surface area contributed by atoms with Crippen molar-refractivity contribution < 1.29 is 4.39 Å². The van der Waals surface area contributed by atoms with Gasteiger partial charge in [-0.15, -0.1) is 0 Å². The Kier molecular flexibility index (Phi) is 7.26. The van der Waals surface area contributed by atoms with Gasteiger partial charge in [-0.2, -0.15) is 0 Å². The maximum Gasteiger partial charge on any atom is 0.127 e. The molecule has 0 nitrogen and oxygen atoms in total. The second kappa shape index (κ2) is 9.88. The molecule has 0 radical (unpaired) electrons. The van der Waals surface area contributed by atoms with E-state index in [0.29, 0.717) is 5.92 Å². The van der Waals surface area contributed by atoms with Crippen LogP contribution in [0.25, 0.3) is 11.1 Å². The minimum Gasteiger partial charge on any atom is -0.207 e. The van der Waals surface area contributed by atoms with E-state index in [9.17, 15) is 4.39 Å². The number of aryl methyl sites for hydroxylation is 1. The highest BCUT2D eigenvalue weighted by molar-refractivity contribution is 5.64. The molecule has 0 spiro atoms. The topological polar surface area (TPSA) is 0 Å². The van der Waals surface area contributed by atoms with Crippen molar-refractivity contribution in [1.82, 2.24) is 0 Å². The predicted molar refractivity (Wildman–Crippen MR) is 115 cm³/mol. The lowest BCUT2D eigenvalue weighted by Gasteiger charge is -2.28. The van der Waals surface area contributed by atoms with Gasteiger partial charge in [0.1, 0.15) is 5.82 Å². The van der Waals surface area contributed by atoms with Gasteiger partial charge in [-0.1, -0.05) is 68.3 Å². The van der Waals surface area contributed by atoms with Gasteiger partial charge in [0.15, 0.2) is 0 Å². The Morgan fingerprint density at radius 2 is 1.67 bits per heavy atom. The Hall–Kier alpha value is -1.89. The van der Waals surface area contributed by atoms with Crippen LogP contribution in [0.3, 0.4) is 0 Å². The molecule has 1 fully saturated rings. The highest BCUT2D eigenvalue weighted by atomic mass is 19.1. The van der Waals surface area contributed by atoms with E-state index >= 15 is 0 Å². The van der Waals surface area contributed by atoms with Crippen molar-refractivity contribution in [2.45, 2.75) is 71.1 Å². The number of benzene rings is 2. The van der Waals surface area contributed by atoms with E-state index in [0.717, 1.165) is 35.4 Å².